The summed E-state index contributed by atoms with van der Waals surface area (Å²) in [5, 5.41) is 15.7. The monoisotopic (exact) mass is 553 g/mol. The highest BCUT2D eigenvalue weighted by Gasteiger charge is 2.32. The van der Waals surface area contributed by atoms with Gasteiger partial charge in [-0.3, -0.25) is 4.68 Å². The number of allylic oxidation sites excluding steroid dienone is 1. The van der Waals surface area contributed by atoms with Crippen LogP contribution in [-0.4, -0.2) is 45.6 Å². The van der Waals surface area contributed by atoms with Gasteiger partial charge >= 0.3 is 11.9 Å². The van der Waals surface area contributed by atoms with Crippen LogP contribution in [0, 0.1) is 6.92 Å². The lowest BCUT2D eigenvalue weighted by molar-refractivity contribution is 0.0598. The molecular weight excluding hydrogens is 518 g/mol. The maximum Gasteiger partial charge on any atom is 0.341 e. The predicted molar refractivity (Wildman–Crippen MR) is 159 cm³/mol. The van der Waals surface area contributed by atoms with Crippen LogP contribution < -0.4 is 4.74 Å². The van der Waals surface area contributed by atoms with E-state index in [1.54, 1.807) is 19.2 Å². The molecule has 0 bridgehead atoms. The molecule has 1 aliphatic heterocycles. The van der Waals surface area contributed by atoms with Gasteiger partial charge in [-0.05, 0) is 85.7 Å². The fraction of sp³-hybridized carbons (Fsp3) is 0.364. The number of esters is 1. The summed E-state index contributed by atoms with van der Waals surface area (Å²) in [4.78, 5) is 25.1. The number of carbonyl (C=O) groups is 2. The summed E-state index contributed by atoms with van der Waals surface area (Å²) in [6, 6.07) is 11.6. The topological polar surface area (TPSA) is 95.6 Å². The Kier molecular flexibility index (Phi) is 6.93. The standard InChI is InChI=1S/C33H35N3O5/c1-5-36-30(28(19(2)34-36)33(39)41-4)23-15-22-16-24(40-3)12-14-25(22)31-29(20-9-7-6-8-10-20)26-13-11-21(32(37)38)17-27(26)35(31)18-23/h11-17,20H,5-10,18H2,1-4H3,(H,37,38). The minimum atomic E-state index is -0.955. The van der Waals surface area contributed by atoms with E-state index in [1.807, 2.05) is 36.7 Å². The molecule has 0 atom stereocenters. The van der Waals surface area contributed by atoms with Crippen LogP contribution >= 0.6 is 0 Å². The second-order valence-corrected chi connectivity index (χ2v) is 11.0. The molecule has 1 saturated carbocycles. The molecule has 0 unspecified atom stereocenters. The number of aromatic carboxylic acids is 1. The number of nitrogens with zero attached hydrogens (tertiary/aromatic N) is 3. The molecule has 8 nitrogen and oxygen atoms in total. The number of hydrogen-bond acceptors (Lipinski definition) is 5. The molecule has 2 aliphatic rings. The Balaban J connectivity index is 1.71. The Morgan fingerprint density at radius 1 is 1.05 bits per heavy atom. The van der Waals surface area contributed by atoms with Crippen LogP contribution in [0.4, 0.5) is 0 Å². The van der Waals surface area contributed by atoms with Crippen molar-refractivity contribution in [3.05, 3.63) is 70.0 Å². The molecular formula is C33H35N3O5. The number of aryl methyl sites for hydroxylation is 2. The zero-order valence-electron chi connectivity index (χ0n) is 24.0. The van der Waals surface area contributed by atoms with Gasteiger partial charge in [0.1, 0.15) is 11.3 Å². The first-order valence-electron chi connectivity index (χ1n) is 14.3. The molecule has 8 heteroatoms. The Morgan fingerprint density at radius 3 is 2.51 bits per heavy atom. The largest absolute Gasteiger partial charge is 0.497 e. The first-order valence-corrected chi connectivity index (χ1v) is 14.3. The van der Waals surface area contributed by atoms with Gasteiger partial charge in [-0.15, -0.1) is 0 Å². The van der Waals surface area contributed by atoms with Crippen molar-refractivity contribution in [2.24, 2.45) is 0 Å². The third-order valence-corrected chi connectivity index (χ3v) is 8.66. The average Bonchev–Trinajstić information content (AvgIpc) is 3.44. The molecule has 0 radical (unpaired) electrons. The summed E-state index contributed by atoms with van der Waals surface area (Å²) in [5.74, 6) is -0.265. The number of aromatic nitrogens is 3. The quantitative estimate of drug-likeness (QED) is 0.260. The zero-order valence-corrected chi connectivity index (χ0v) is 24.0. The van der Waals surface area contributed by atoms with Gasteiger partial charge in [-0.2, -0.15) is 5.10 Å². The van der Waals surface area contributed by atoms with Crippen molar-refractivity contribution in [1.82, 2.24) is 14.3 Å². The lowest BCUT2D eigenvalue weighted by Gasteiger charge is -2.24. The number of carboxylic acids is 1. The number of hydrogen-bond donors (Lipinski definition) is 1. The van der Waals surface area contributed by atoms with Gasteiger partial charge in [0.25, 0.3) is 0 Å². The Hall–Kier alpha value is -4.33. The van der Waals surface area contributed by atoms with Gasteiger partial charge in [-0.25, -0.2) is 9.59 Å². The lowest BCUT2D eigenvalue weighted by atomic mass is 9.81. The van der Waals surface area contributed by atoms with Crippen molar-refractivity contribution in [2.75, 3.05) is 14.2 Å². The predicted octanol–water partition coefficient (Wildman–Crippen LogP) is 6.93. The van der Waals surface area contributed by atoms with E-state index in [2.05, 4.69) is 16.7 Å². The van der Waals surface area contributed by atoms with E-state index in [0.717, 1.165) is 51.9 Å². The molecule has 1 fully saturated rings. The zero-order chi connectivity index (χ0) is 28.8. The summed E-state index contributed by atoms with van der Waals surface area (Å²) in [6.07, 6.45) is 7.93. The van der Waals surface area contributed by atoms with Crippen molar-refractivity contribution in [3.8, 4) is 17.0 Å². The first-order chi connectivity index (χ1) is 19.9. The van der Waals surface area contributed by atoms with Gasteiger partial charge in [0.05, 0.1) is 43.4 Å². The molecule has 3 heterocycles. The van der Waals surface area contributed by atoms with E-state index in [0.29, 0.717) is 36.0 Å². The summed E-state index contributed by atoms with van der Waals surface area (Å²) in [6.45, 7) is 4.84. The van der Waals surface area contributed by atoms with Gasteiger partial charge in [0.2, 0.25) is 0 Å². The van der Waals surface area contributed by atoms with Crippen molar-refractivity contribution in [2.45, 2.75) is 65.0 Å². The molecule has 2 aromatic heterocycles. The molecule has 212 valence electrons. The van der Waals surface area contributed by atoms with E-state index in [-0.39, 0.29) is 5.56 Å². The van der Waals surface area contributed by atoms with Gasteiger partial charge < -0.3 is 19.1 Å². The van der Waals surface area contributed by atoms with Gasteiger partial charge in [0, 0.05) is 23.0 Å². The number of methoxy groups -OCH3 is 2. The molecule has 6 rings (SSSR count). The molecule has 2 aromatic carbocycles. The first kappa shape index (κ1) is 26.9. The van der Waals surface area contributed by atoms with E-state index in [4.69, 9.17) is 14.6 Å². The molecule has 4 aromatic rings. The highest BCUT2D eigenvalue weighted by atomic mass is 16.5. The fourth-order valence-electron chi connectivity index (χ4n) is 6.80. The maximum absolute atomic E-state index is 13.1. The third kappa shape index (κ3) is 4.42. The third-order valence-electron chi connectivity index (χ3n) is 8.66. The molecule has 0 spiro atoms. The van der Waals surface area contributed by atoms with Gasteiger partial charge in [0.15, 0.2) is 0 Å². The Labute approximate surface area is 239 Å². The average molecular weight is 554 g/mol. The molecule has 1 aliphatic carbocycles. The van der Waals surface area contributed by atoms with Crippen molar-refractivity contribution in [3.63, 3.8) is 0 Å². The van der Waals surface area contributed by atoms with Crippen LogP contribution in [0.2, 0.25) is 0 Å². The van der Waals surface area contributed by atoms with Crippen molar-refractivity contribution >= 4 is 34.5 Å². The van der Waals surface area contributed by atoms with Crippen LogP contribution in [-0.2, 0) is 17.8 Å². The minimum absolute atomic E-state index is 0.252. The van der Waals surface area contributed by atoms with Crippen LogP contribution in [0.3, 0.4) is 0 Å². The number of carboxylic acid groups (broad SMARTS) is 1. The van der Waals surface area contributed by atoms with E-state index in [9.17, 15) is 14.7 Å². The fourth-order valence-corrected chi connectivity index (χ4v) is 6.80. The highest BCUT2D eigenvalue weighted by molar-refractivity contribution is 6.03. The van der Waals surface area contributed by atoms with Crippen LogP contribution in [0.15, 0.2) is 36.4 Å². The second kappa shape index (κ2) is 10.6. The SMILES string of the molecule is CCn1nc(C)c(C(=O)OC)c1C1=Cc2cc(OC)ccc2-c2c(C3CCCCC3)c3ccc(C(=O)O)cc3n2C1. The highest BCUT2D eigenvalue weighted by Crippen LogP contribution is 2.48. The smallest absolute Gasteiger partial charge is 0.341 e. The molecule has 1 N–H and O–H groups in total. The van der Waals surface area contributed by atoms with Gasteiger partial charge in [-0.1, -0.05) is 25.3 Å². The number of benzene rings is 2. The van der Waals surface area contributed by atoms with Crippen LogP contribution in [0.5, 0.6) is 5.75 Å². The minimum Gasteiger partial charge on any atom is -0.497 e. The number of rotatable bonds is 6. The molecule has 41 heavy (non-hydrogen) atoms. The summed E-state index contributed by atoms with van der Waals surface area (Å²) in [7, 11) is 3.05. The summed E-state index contributed by atoms with van der Waals surface area (Å²) >= 11 is 0. The van der Waals surface area contributed by atoms with E-state index >= 15 is 0 Å². The van der Waals surface area contributed by atoms with Crippen LogP contribution in [0.25, 0.3) is 33.8 Å². The normalized spacial score (nSPS) is 15.2. The maximum atomic E-state index is 13.1. The van der Waals surface area contributed by atoms with E-state index in [1.165, 1.54) is 31.9 Å². The Morgan fingerprint density at radius 2 is 1.83 bits per heavy atom. The van der Waals surface area contributed by atoms with E-state index < -0.39 is 11.9 Å². The Bertz CT molecular complexity index is 1720. The van der Waals surface area contributed by atoms with Crippen molar-refractivity contribution in [1.29, 1.82) is 0 Å². The number of carbonyl (C=O) groups excluding carboxylic acids is 1. The molecule has 0 amide bonds. The summed E-state index contributed by atoms with van der Waals surface area (Å²) in [5.41, 5.74) is 8.24. The lowest BCUT2D eigenvalue weighted by Crippen LogP contribution is -2.12. The van der Waals surface area contributed by atoms with Crippen molar-refractivity contribution < 1.29 is 24.2 Å². The van der Waals surface area contributed by atoms with Crippen LogP contribution in [0.1, 0.15) is 88.2 Å². The molecule has 0 saturated heterocycles. The number of ether oxygens (including phenoxy) is 2. The summed E-state index contributed by atoms with van der Waals surface area (Å²) < 4.78 is 14.9. The second-order valence-electron chi connectivity index (χ2n) is 11.0. The number of fused-ring (bicyclic) bond motifs is 5.